The summed E-state index contributed by atoms with van der Waals surface area (Å²) >= 11 is 0. The zero-order valence-electron chi connectivity index (χ0n) is 10.8. The summed E-state index contributed by atoms with van der Waals surface area (Å²) in [6, 6.07) is 0. The van der Waals surface area contributed by atoms with Gasteiger partial charge in [0.2, 0.25) is 0 Å². The molecular formula is C14H24O4. The van der Waals surface area contributed by atoms with Gasteiger partial charge < -0.3 is 20.4 Å². The lowest BCUT2D eigenvalue weighted by atomic mass is 9.78. The standard InChI is InChI=1S/C14H24O4/c1-2-3-13(4-5-13)14(6-7-14)8-10(16)12(18)11(17)9-15/h2,10-12,15-18H,1,3-9H2. The highest BCUT2D eigenvalue weighted by Crippen LogP contribution is 2.73. The second kappa shape index (κ2) is 4.93. The van der Waals surface area contributed by atoms with Gasteiger partial charge in [-0.25, -0.2) is 0 Å². The molecule has 0 radical (unpaired) electrons. The van der Waals surface area contributed by atoms with Crippen LogP contribution in [0.4, 0.5) is 0 Å². The van der Waals surface area contributed by atoms with E-state index in [0.29, 0.717) is 6.42 Å². The van der Waals surface area contributed by atoms with Crippen molar-refractivity contribution in [3.8, 4) is 0 Å². The fourth-order valence-electron chi connectivity index (χ4n) is 3.37. The quantitative estimate of drug-likeness (QED) is 0.479. The summed E-state index contributed by atoms with van der Waals surface area (Å²) in [5.41, 5.74) is 0.399. The van der Waals surface area contributed by atoms with Crippen LogP contribution in [0.3, 0.4) is 0 Å². The lowest BCUT2D eigenvalue weighted by Crippen LogP contribution is -2.41. The third-order valence-electron chi connectivity index (χ3n) is 4.94. The second-order valence-corrected chi connectivity index (χ2v) is 6.07. The monoisotopic (exact) mass is 256 g/mol. The maximum absolute atomic E-state index is 10.0. The van der Waals surface area contributed by atoms with Crippen LogP contribution in [0.1, 0.15) is 38.5 Å². The van der Waals surface area contributed by atoms with Crippen molar-refractivity contribution in [2.24, 2.45) is 10.8 Å². The van der Waals surface area contributed by atoms with Gasteiger partial charge in [0.1, 0.15) is 12.2 Å². The molecule has 3 atom stereocenters. The van der Waals surface area contributed by atoms with E-state index in [4.69, 9.17) is 5.11 Å². The van der Waals surface area contributed by atoms with Gasteiger partial charge in [-0.15, -0.1) is 6.58 Å². The van der Waals surface area contributed by atoms with Gasteiger partial charge in [0.15, 0.2) is 0 Å². The minimum absolute atomic E-state index is 0.122. The number of rotatable bonds is 8. The highest BCUT2D eigenvalue weighted by Gasteiger charge is 2.64. The van der Waals surface area contributed by atoms with E-state index in [1.165, 1.54) is 12.8 Å². The van der Waals surface area contributed by atoms with Gasteiger partial charge in [-0.1, -0.05) is 6.08 Å². The van der Waals surface area contributed by atoms with Crippen LogP contribution in [-0.4, -0.2) is 45.3 Å². The average molecular weight is 256 g/mol. The summed E-state index contributed by atoms with van der Waals surface area (Å²) in [7, 11) is 0. The fourth-order valence-corrected chi connectivity index (χ4v) is 3.37. The first-order valence-corrected chi connectivity index (χ1v) is 6.76. The molecule has 2 aliphatic carbocycles. The van der Waals surface area contributed by atoms with E-state index in [2.05, 4.69) is 6.58 Å². The summed E-state index contributed by atoms with van der Waals surface area (Å²) < 4.78 is 0. The van der Waals surface area contributed by atoms with E-state index in [0.717, 1.165) is 19.3 Å². The Morgan fingerprint density at radius 3 is 1.94 bits per heavy atom. The third kappa shape index (κ3) is 2.35. The maximum Gasteiger partial charge on any atom is 0.108 e. The molecule has 2 fully saturated rings. The van der Waals surface area contributed by atoms with E-state index >= 15 is 0 Å². The van der Waals surface area contributed by atoms with E-state index in [1.54, 1.807) is 0 Å². The van der Waals surface area contributed by atoms with Crippen LogP contribution in [0.25, 0.3) is 0 Å². The van der Waals surface area contributed by atoms with Crippen LogP contribution < -0.4 is 0 Å². The molecule has 3 unspecified atom stereocenters. The number of hydrogen-bond donors (Lipinski definition) is 4. The van der Waals surface area contributed by atoms with Crippen molar-refractivity contribution in [2.45, 2.75) is 56.8 Å². The smallest absolute Gasteiger partial charge is 0.108 e. The Kier molecular flexibility index (Phi) is 3.83. The molecule has 4 N–H and O–H groups in total. The Morgan fingerprint density at radius 1 is 1.00 bits per heavy atom. The topological polar surface area (TPSA) is 80.9 Å². The Hall–Kier alpha value is -0.420. The first kappa shape index (κ1) is 14.0. The van der Waals surface area contributed by atoms with Gasteiger partial charge in [0.05, 0.1) is 12.7 Å². The van der Waals surface area contributed by atoms with Gasteiger partial charge in [-0.05, 0) is 49.4 Å². The molecule has 104 valence electrons. The molecule has 0 amide bonds. The van der Waals surface area contributed by atoms with Crippen molar-refractivity contribution in [3.63, 3.8) is 0 Å². The third-order valence-corrected chi connectivity index (χ3v) is 4.94. The Bertz CT molecular complexity index is 307. The summed E-state index contributed by atoms with van der Waals surface area (Å²) in [4.78, 5) is 0. The van der Waals surface area contributed by atoms with Crippen LogP contribution >= 0.6 is 0 Å². The first-order valence-electron chi connectivity index (χ1n) is 6.76. The highest BCUT2D eigenvalue weighted by molar-refractivity contribution is 5.16. The fraction of sp³-hybridized carbons (Fsp3) is 0.857. The molecule has 0 aromatic carbocycles. The average Bonchev–Trinajstić information content (AvgIpc) is 3.23. The van der Waals surface area contributed by atoms with E-state index in [-0.39, 0.29) is 10.8 Å². The largest absolute Gasteiger partial charge is 0.394 e. The number of aliphatic hydroxyl groups is 4. The second-order valence-electron chi connectivity index (χ2n) is 6.07. The molecule has 0 aromatic heterocycles. The summed E-state index contributed by atoms with van der Waals surface area (Å²) in [6.07, 6.45) is 4.46. The molecule has 4 nitrogen and oxygen atoms in total. The summed E-state index contributed by atoms with van der Waals surface area (Å²) in [5, 5.41) is 37.9. The normalized spacial score (nSPS) is 28.2. The highest BCUT2D eigenvalue weighted by atomic mass is 16.4. The number of allylic oxidation sites excluding steroid dienone is 1. The van der Waals surface area contributed by atoms with Gasteiger partial charge in [-0.2, -0.15) is 0 Å². The molecule has 0 saturated heterocycles. The molecule has 2 aliphatic rings. The lowest BCUT2D eigenvalue weighted by molar-refractivity contribution is -0.0870. The van der Waals surface area contributed by atoms with Crippen molar-refractivity contribution in [3.05, 3.63) is 12.7 Å². The zero-order chi connectivity index (χ0) is 13.4. The molecule has 0 aromatic rings. The van der Waals surface area contributed by atoms with Crippen molar-refractivity contribution in [2.75, 3.05) is 6.61 Å². The molecule has 0 aliphatic heterocycles. The van der Waals surface area contributed by atoms with Crippen molar-refractivity contribution in [1.82, 2.24) is 0 Å². The van der Waals surface area contributed by atoms with Crippen molar-refractivity contribution < 1.29 is 20.4 Å². The predicted octanol–water partition coefficient (Wildman–Crippen LogP) is 0.588. The number of hydrogen-bond acceptors (Lipinski definition) is 4. The van der Waals surface area contributed by atoms with Crippen LogP contribution in [0.2, 0.25) is 0 Å². The van der Waals surface area contributed by atoms with Crippen LogP contribution in [0.5, 0.6) is 0 Å². The first-order chi connectivity index (χ1) is 8.50. The van der Waals surface area contributed by atoms with E-state index in [1.807, 2.05) is 6.08 Å². The maximum atomic E-state index is 10.0. The lowest BCUT2D eigenvalue weighted by Gasteiger charge is -2.31. The molecule has 4 heteroatoms. The molecule has 2 rings (SSSR count). The predicted molar refractivity (Wildman–Crippen MR) is 67.9 cm³/mol. The molecule has 0 heterocycles. The van der Waals surface area contributed by atoms with Gasteiger partial charge in [-0.3, -0.25) is 0 Å². The summed E-state index contributed by atoms with van der Waals surface area (Å²) in [6.45, 7) is 3.27. The molecule has 18 heavy (non-hydrogen) atoms. The van der Waals surface area contributed by atoms with Crippen molar-refractivity contribution in [1.29, 1.82) is 0 Å². The molecular weight excluding hydrogens is 232 g/mol. The van der Waals surface area contributed by atoms with Gasteiger partial charge >= 0.3 is 0 Å². The minimum atomic E-state index is -1.26. The van der Waals surface area contributed by atoms with Crippen LogP contribution in [-0.2, 0) is 0 Å². The van der Waals surface area contributed by atoms with Crippen LogP contribution in [0, 0.1) is 10.8 Å². The van der Waals surface area contributed by atoms with E-state index in [9.17, 15) is 15.3 Å². The van der Waals surface area contributed by atoms with Gasteiger partial charge in [0, 0.05) is 0 Å². The van der Waals surface area contributed by atoms with Gasteiger partial charge in [0.25, 0.3) is 0 Å². The molecule has 0 spiro atoms. The Morgan fingerprint density at radius 2 is 1.56 bits per heavy atom. The minimum Gasteiger partial charge on any atom is -0.394 e. The van der Waals surface area contributed by atoms with Crippen molar-refractivity contribution >= 4 is 0 Å². The molecule has 0 bridgehead atoms. The Labute approximate surface area is 108 Å². The number of aliphatic hydroxyl groups excluding tert-OH is 4. The molecule has 2 saturated carbocycles. The van der Waals surface area contributed by atoms with E-state index < -0.39 is 24.9 Å². The SMILES string of the molecule is C=CCC1(C2(CC(O)C(O)C(O)CO)CC2)CC1. The zero-order valence-corrected chi connectivity index (χ0v) is 10.8. The van der Waals surface area contributed by atoms with Crippen LogP contribution in [0.15, 0.2) is 12.7 Å². The Balaban J connectivity index is 1.95. The summed E-state index contributed by atoms with van der Waals surface area (Å²) in [5.74, 6) is 0.